The van der Waals surface area contributed by atoms with Crippen molar-refractivity contribution in [2.45, 2.75) is 0 Å². The average molecular weight is 292 g/mol. The summed E-state index contributed by atoms with van der Waals surface area (Å²) in [6.45, 7) is 0. The Morgan fingerprint density at radius 3 is 2.36 bits per heavy atom. The fraction of sp³-hybridized carbons (Fsp3) is 0. The lowest BCUT2D eigenvalue weighted by atomic mass is 10.1. The number of anilines is 1. The van der Waals surface area contributed by atoms with E-state index in [-0.39, 0.29) is 11.4 Å². The van der Waals surface area contributed by atoms with Crippen LogP contribution in [0.25, 0.3) is 10.8 Å². The number of para-hydroxylation sites is 1. The highest BCUT2D eigenvalue weighted by Gasteiger charge is 2.12. The lowest BCUT2D eigenvalue weighted by Gasteiger charge is -2.04. The number of hydrogen-bond acceptors (Lipinski definition) is 5. The van der Waals surface area contributed by atoms with Crippen LogP contribution in [-0.4, -0.2) is 4.92 Å². The highest BCUT2D eigenvalue weighted by Crippen LogP contribution is 2.33. The molecule has 2 N–H and O–H groups in total. The number of nitro groups is 1. The van der Waals surface area contributed by atoms with E-state index in [0.717, 1.165) is 10.8 Å². The minimum atomic E-state index is -0.488. The molecule has 0 radical (unpaired) electrons. The van der Waals surface area contributed by atoms with Crippen molar-refractivity contribution in [1.82, 2.24) is 0 Å². The zero-order valence-corrected chi connectivity index (χ0v) is 11.5. The van der Waals surface area contributed by atoms with Crippen LogP contribution in [0.3, 0.4) is 0 Å². The van der Waals surface area contributed by atoms with Gasteiger partial charge in [-0.1, -0.05) is 42.5 Å². The molecule has 3 aromatic rings. The summed E-state index contributed by atoms with van der Waals surface area (Å²) in [4.78, 5) is 10.5. The van der Waals surface area contributed by atoms with Crippen LogP contribution in [0.15, 0.2) is 70.9 Å². The molecule has 3 rings (SSSR count). The number of azo groups is 1. The van der Waals surface area contributed by atoms with Crippen molar-refractivity contribution in [3.05, 3.63) is 70.8 Å². The van der Waals surface area contributed by atoms with Crippen LogP contribution in [0.1, 0.15) is 0 Å². The minimum Gasteiger partial charge on any atom is -0.396 e. The fourth-order valence-corrected chi connectivity index (χ4v) is 2.18. The Hall–Kier alpha value is -3.28. The normalized spacial score (nSPS) is 11.1. The van der Waals surface area contributed by atoms with Crippen LogP contribution in [-0.2, 0) is 0 Å². The van der Waals surface area contributed by atoms with Crippen molar-refractivity contribution in [3.8, 4) is 0 Å². The molecule has 108 valence electrons. The minimum absolute atomic E-state index is 0.0920. The van der Waals surface area contributed by atoms with Gasteiger partial charge in [0.05, 0.1) is 10.6 Å². The van der Waals surface area contributed by atoms with E-state index in [2.05, 4.69) is 10.2 Å². The van der Waals surface area contributed by atoms with E-state index in [4.69, 9.17) is 5.73 Å². The lowest BCUT2D eigenvalue weighted by molar-refractivity contribution is -0.384. The van der Waals surface area contributed by atoms with E-state index >= 15 is 0 Å². The topological polar surface area (TPSA) is 93.9 Å². The van der Waals surface area contributed by atoms with Crippen molar-refractivity contribution in [3.63, 3.8) is 0 Å². The molecular weight excluding hydrogens is 280 g/mol. The predicted molar refractivity (Wildman–Crippen MR) is 85.6 cm³/mol. The van der Waals surface area contributed by atoms with Gasteiger partial charge in [-0.25, -0.2) is 0 Å². The number of hydrogen-bond donors (Lipinski definition) is 1. The zero-order valence-electron chi connectivity index (χ0n) is 11.5. The smallest absolute Gasteiger partial charge is 0.296 e. The Labute approximate surface area is 126 Å². The summed E-state index contributed by atoms with van der Waals surface area (Å²) in [5.41, 5.74) is 7.18. The van der Waals surface area contributed by atoms with Crippen LogP contribution in [0.2, 0.25) is 0 Å². The first-order valence-corrected chi connectivity index (χ1v) is 6.59. The molecule has 0 fully saturated rings. The van der Waals surface area contributed by atoms with E-state index in [1.807, 2.05) is 30.3 Å². The summed E-state index contributed by atoms with van der Waals surface area (Å²) in [7, 11) is 0. The van der Waals surface area contributed by atoms with E-state index in [9.17, 15) is 10.1 Å². The maximum atomic E-state index is 11.0. The van der Waals surface area contributed by atoms with Gasteiger partial charge in [-0.3, -0.25) is 10.1 Å². The van der Waals surface area contributed by atoms with Gasteiger partial charge in [0, 0.05) is 11.5 Å². The molecule has 3 aromatic carbocycles. The molecule has 22 heavy (non-hydrogen) atoms. The number of nitro benzene ring substituents is 1. The highest BCUT2D eigenvalue weighted by molar-refractivity contribution is 5.97. The van der Waals surface area contributed by atoms with Crippen molar-refractivity contribution in [2.24, 2.45) is 10.2 Å². The molecule has 0 saturated carbocycles. The first-order chi connectivity index (χ1) is 10.7. The van der Waals surface area contributed by atoms with E-state index in [0.29, 0.717) is 11.4 Å². The molecule has 0 aliphatic carbocycles. The Morgan fingerprint density at radius 2 is 1.55 bits per heavy atom. The van der Waals surface area contributed by atoms with Crippen LogP contribution in [0.4, 0.5) is 22.7 Å². The molecule has 6 heteroatoms. The standard InChI is InChI=1S/C16H12N4O2/c17-16-12-6-2-1-5-11(12)9-10-14(16)19-18-13-7-3-4-8-15(13)20(21)22/h1-10H,17H2. The first kappa shape index (κ1) is 13.7. The summed E-state index contributed by atoms with van der Waals surface area (Å²) in [6, 6.07) is 17.5. The summed E-state index contributed by atoms with van der Waals surface area (Å²) in [5.74, 6) is 0. The van der Waals surface area contributed by atoms with Gasteiger partial charge in [-0.15, -0.1) is 10.2 Å². The second kappa shape index (κ2) is 5.61. The average Bonchev–Trinajstić information content (AvgIpc) is 2.55. The predicted octanol–water partition coefficient (Wildman–Crippen LogP) is 4.75. The van der Waals surface area contributed by atoms with Gasteiger partial charge in [0.1, 0.15) is 5.69 Å². The molecule has 0 aliphatic heterocycles. The van der Waals surface area contributed by atoms with Gasteiger partial charge < -0.3 is 5.73 Å². The third kappa shape index (κ3) is 2.49. The summed E-state index contributed by atoms with van der Waals surface area (Å²) in [6.07, 6.45) is 0. The molecule has 0 spiro atoms. The Balaban J connectivity index is 2.03. The van der Waals surface area contributed by atoms with Crippen molar-refractivity contribution >= 4 is 33.5 Å². The number of nitrogens with zero attached hydrogens (tertiary/aromatic N) is 3. The Morgan fingerprint density at radius 1 is 0.864 bits per heavy atom. The summed E-state index contributed by atoms with van der Waals surface area (Å²) in [5, 5.41) is 20.9. The largest absolute Gasteiger partial charge is 0.396 e. The zero-order chi connectivity index (χ0) is 15.5. The van der Waals surface area contributed by atoms with Gasteiger partial charge in [0.15, 0.2) is 5.69 Å². The second-order valence-electron chi connectivity index (χ2n) is 4.67. The van der Waals surface area contributed by atoms with Crippen molar-refractivity contribution in [1.29, 1.82) is 0 Å². The molecule has 0 unspecified atom stereocenters. The highest BCUT2D eigenvalue weighted by atomic mass is 16.6. The van der Waals surface area contributed by atoms with E-state index in [1.54, 1.807) is 24.3 Å². The number of benzene rings is 3. The Kier molecular flexibility index (Phi) is 3.49. The van der Waals surface area contributed by atoms with E-state index < -0.39 is 4.92 Å². The maximum absolute atomic E-state index is 11.0. The molecule has 0 heterocycles. The number of rotatable bonds is 3. The third-order valence-electron chi connectivity index (χ3n) is 3.29. The maximum Gasteiger partial charge on any atom is 0.296 e. The number of nitrogen functional groups attached to an aromatic ring is 1. The number of nitrogens with two attached hydrogens (primary N) is 1. The van der Waals surface area contributed by atoms with Crippen LogP contribution >= 0.6 is 0 Å². The Bertz CT molecular complexity index is 890. The molecule has 0 aromatic heterocycles. The van der Waals surface area contributed by atoms with Gasteiger partial charge in [0.25, 0.3) is 5.69 Å². The summed E-state index contributed by atoms with van der Waals surface area (Å²) < 4.78 is 0. The van der Waals surface area contributed by atoms with Crippen molar-refractivity contribution in [2.75, 3.05) is 5.73 Å². The van der Waals surface area contributed by atoms with Crippen molar-refractivity contribution < 1.29 is 4.92 Å². The summed E-state index contributed by atoms with van der Waals surface area (Å²) >= 11 is 0. The van der Waals surface area contributed by atoms with Gasteiger partial charge in [-0.05, 0) is 17.5 Å². The first-order valence-electron chi connectivity index (χ1n) is 6.59. The van der Waals surface area contributed by atoms with Gasteiger partial charge in [-0.2, -0.15) is 0 Å². The van der Waals surface area contributed by atoms with Gasteiger partial charge in [0.2, 0.25) is 0 Å². The lowest BCUT2D eigenvalue weighted by Crippen LogP contribution is -1.88. The van der Waals surface area contributed by atoms with Crippen LogP contribution in [0.5, 0.6) is 0 Å². The van der Waals surface area contributed by atoms with Crippen LogP contribution in [0, 0.1) is 10.1 Å². The van der Waals surface area contributed by atoms with E-state index in [1.165, 1.54) is 6.07 Å². The molecule has 6 nitrogen and oxygen atoms in total. The monoisotopic (exact) mass is 292 g/mol. The third-order valence-corrected chi connectivity index (χ3v) is 3.29. The fourth-order valence-electron chi connectivity index (χ4n) is 2.18. The molecule has 0 aliphatic rings. The quantitative estimate of drug-likeness (QED) is 0.327. The second-order valence-corrected chi connectivity index (χ2v) is 4.67. The molecule has 0 amide bonds. The molecule has 0 bridgehead atoms. The molecule has 0 atom stereocenters. The molecular formula is C16H12N4O2. The van der Waals surface area contributed by atoms with Crippen LogP contribution < -0.4 is 5.73 Å². The SMILES string of the molecule is Nc1c(N=Nc2ccccc2[N+](=O)[O-])ccc2ccccc12. The molecule has 0 saturated heterocycles. The number of fused-ring (bicyclic) bond motifs is 1. The van der Waals surface area contributed by atoms with Gasteiger partial charge >= 0.3 is 0 Å².